The first kappa shape index (κ1) is 44.2. The molecule has 6 atom stereocenters. The van der Waals surface area contributed by atoms with Crippen LogP contribution in [0.25, 0.3) is 0 Å². The summed E-state index contributed by atoms with van der Waals surface area (Å²) < 4.78 is 49.0. The number of amides is 1. The number of nitrogens with zero attached hydrogens (tertiary/aromatic N) is 1. The van der Waals surface area contributed by atoms with Gasteiger partial charge in [0.2, 0.25) is 0 Å². The molecule has 0 radical (unpaired) electrons. The van der Waals surface area contributed by atoms with Crippen molar-refractivity contribution in [3.05, 3.63) is 0 Å². The van der Waals surface area contributed by atoms with E-state index in [4.69, 9.17) is 28.0 Å². The Morgan fingerprint density at radius 3 is 1.58 bits per heavy atom. The molecule has 2 saturated heterocycles. The Kier molecular flexibility index (Phi) is 19.4. The molecule has 3 fully saturated rings. The Morgan fingerprint density at radius 2 is 1.15 bits per heavy atom. The normalized spacial score (nSPS) is 24.9. The van der Waals surface area contributed by atoms with Crippen LogP contribution in [0.15, 0.2) is 0 Å². The second kappa shape index (κ2) is 22.9. The standard InChI is InChI=1S/C38H67N2O11P/c1-6-8-10-12-14-16-18-20-22-24-26-47-52(45,48-27-25-23-21-19-17-15-13-11-9-7-2)39-36-34(49-29(3)41)33-35(50-30(4)42)38(33,51-31(5)43)32-28-46-37(44)40(32)36/h32-36H,6-28H2,1-5H3,(H,39,45)/t32?,33?,34?,35?,36-,38?/m0/s1. The van der Waals surface area contributed by atoms with Gasteiger partial charge in [-0.15, -0.1) is 0 Å². The third-order valence-electron chi connectivity index (χ3n) is 10.3. The summed E-state index contributed by atoms with van der Waals surface area (Å²) in [6, 6.07) is -0.917. The van der Waals surface area contributed by atoms with E-state index in [1.54, 1.807) is 0 Å². The van der Waals surface area contributed by atoms with Crippen LogP contribution in [0.4, 0.5) is 4.79 Å². The molecule has 0 bridgehead atoms. The Balaban J connectivity index is 1.69. The molecular weight excluding hydrogens is 691 g/mol. The van der Waals surface area contributed by atoms with Crippen molar-refractivity contribution in [1.82, 2.24) is 9.99 Å². The number of carbonyl (C=O) groups is 4. The predicted molar refractivity (Wildman–Crippen MR) is 196 cm³/mol. The Hall–Kier alpha value is -2.21. The molecule has 300 valence electrons. The van der Waals surface area contributed by atoms with Crippen LogP contribution in [-0.2, 0) is 46.9 Å². The zero-order valence-corrected chi connectivity index (χ0v) is 33.4. The summed E-state index contributed by atoms with van der Waals surface area (Å²) >= 11 is 0. The van der Waals surface area contributed by atoms with Crippen molar-refractivity contribution in [1.29, 1.82) is 0 Å². The van der Waals surface area contributed by atoms with Gasteiger partial charge in [-0.3, -0.25) is 28.3 Å². The van der Waals surface area contributed by atoms with Crippen LogP contribution in [0.1, 0.15) is 163 Å². The average Bonchev–Trinajstić information content (AvgIpc) is 3.50. The minimum Gasteiger partial charge on any atom is -0.458 e. The number of piperidine rings is 1. The number of ether oxygens (including phenoxy) is 4. The van der Waals surface area contributed by atoms with Gasteiger partial charge in [-0.1, -0.05) is 129 Å². The van der Waals surface area contributed by atoms with Crippen LogP contribution in [0.5, 0.6) is 0 Å². The number of carbonyl (C=O) groups excluding carboxylic acids is 4. The maximum atomic E-state index is 14.5. The van der Waals surface area contributed by atoms with Crippen molar-refractivity contribution in [2.45, 2.75) is 193 Å². The highest BCUT2D eigenvalue weighted by atomic mass is 31.2. The number of hydrogen-bond donors (Lipinski definition) is 1. The molecule has 1 aliphatic carbocycles. The van der Waals surface area contributed by atoms with Crippen molar-refractivity contribution in [2.24, 2.45) is 5.92 Å². The Bertz CT molecular complexity index is 1140. The average molecular weight is 759 g/mol. The molecule has 2 aliphatic heterocycles. The maximum absolute atomic E-state index is 14.5. The molecule has 0 spiro atoms. The van der Waals surface area contributed by atoms with Gasteiger partial charge in [0, 0.05) is 20.8 Å². The fourth-order valence-electron chi connectivity index (χ4n) is 7.74. The Morgan fingerprint density at radius 1 is 0.712 bits per heavy atom. The summed E-state index contributed by atoms with van der Waals surface area (Å²) in [6.07, 6.45) is 18.2. The molecule has 0 aromatic carbocycles. The number of nitrogens with one attached hydrogen (secondary N) is 1. The molecule has 5 unspecified atom stereocenters. The quantitative estimate of drug-likeness (QED) is 0.0336. The number of esters is 3. The third kappa shape index (κ3) is 13.3. The van der Waals surface area contributed by atoms with E-state index >= 15 is 0 Å². The summed E-state index contributed by atoms with van der Waals surface area (Å²) in [5.74, 6) is -2.87. The summed E-state index contributed by atoms with van der Waals surface area (Å²) in [4.78, 5) is 51.4. The maximum Gasteiger partial charge on any atom is 0.411 e. The van der Waals surface area contributed by atoms with Crippen molar-refractivity contribution in [3.8, 4) is 0 Å². The van der Waals surface area contributed by atoms with Gasteiger partial charge in [-0.2, -0.15) is 5.09 Å². The van der Waals surface area contributed by atoms with E-state index in [2.05, 4.69) is 18.9 Å². The van der Waals surface area contributed by atoms with E-state index in [0.29, 0.717) is 12.8 Å². The Labute approximate surface area is 311 Å². The van der Waals surface area contributed by atoms with Crippen molar-refractivity contribution < 1.29 is 51.7 Å². The van der Waals surface area contributed by atoms with E-state index < -0.39 is 67.7 Å². The molecule has 3 aliphatic rings. The summed E-state index contributed by atoms with van der Waals surface area (Å²) in [7, 11) is -4.11. The first-order valence-corrected chi connectivity index (χ1v) is 21.7. The first-order valence-electron chi connectivity index (χ1n) is 20.2. The number of unbranched alkanes of at least 4 members (excludes halogenated alkanes) is 18. The zero-order chi connectivity index (χ0) is 38.0. The summed E-state index contributed by atoms with van der Waals surface area (Å²) in [5, 5.41) is 2.94. The molecule has 52 heavy (non-hydrogen) atoms. The van der Waals surface area contributed by atoms with Crippen molar-refractivity contribution >= 4 is 31.7 Å². The fraction of sp³-hybridized carbons (Fsp3) is 0.895. The van der Waals surface area contributed by atoms with E-state index in [1.165, 1.54) is 103 Å². The van der Waals surface area contributed by atoms with E-state index in [0.717, 1.165) is 38.5 Å². The third-order valence-corrected chi connectivity index (χ3v) is 11.9. The SMILES string of the molecule is CCCCCCCCCCCCOP(=O)(N[C@@H]1C(OC(C)=O)C2C(OC(C)=O)C2(OC(C)=O)C2COC(=O)N21)OCCCCCCCCCCCC. The summed E-state index contributed by atoms with van der Waals surface area (Å²) in [6.45, 7) is 8.19. The molecule has 13 nitrogen and oxygen atoms in total. The van der Waals surface area contributed by atoms with Crippen LogP contribution < -0.4 is 5.09 Å². The molecule has 1 saturated carbocycles. The topological polar surface area (TPSA) is 156 Å². The molecular formula is C38H67N2O11P. The van der Waals surface area contributed by atoms with E-state index in [1.807, 2.05) is 0 Å². The van der Waals surface area contributed by atoms with Crippen LogP contribution in [-0.4, -0.2) is 78.7 Å². The lowest BCUT2D eigenvalue weighted by atomic mass is 9.95. The van der Waals surface area contributed by atoms with Gasteiger partial charge in [0.05, 0.1) is 19.1 Å². The molecule has 1 N–H and O–H groups in total. The monoisotopic (exact) mass is 758 g/mol. The van der Waals surface area contributed by atoms with Crippen LogP contribution in [0.3, 0.4) is 0 Å². The van der Waals surface area contributed by atoms with Gasteiger partial charge in [-0.25, -0.2) is 9.36 Å². The molecule has 14 heteroatoms. The van der Waals surface area contributed by atoms with Gasteiger partial charge >= 0.3 is 31.7 Å². The molecule has 1 amide bonds. The highest BCUT2D eigenvalue weighted by molar-refractivity contribution is 7.51. The van der Waals surface area contributed by atoms with Crippen molar-refractivity contribution in [3.63, 3.8) is 0 Å². The van der Waals surface area contributed by atoms with Gasteiger partial charge in [0.15, 0.2) is 11.7 Å². The van der Waals surface area contributed by atoms with Gasteiger partial charge in [0.1, 0.15) is 24.9 Å². The molecule has 2 heterocycles. The minimum absolute atomic E-state index is 0.161. The predicted octanol–water partition coefficient (Wildman–Crippen LogP) is 8.51. The highest BCUT2D eigenvalue weighted by Gasteiger charge is 2.84. The summed E-state index contributed by atoms with van der Waals surface area (Å²) in [5.41, 5.74) is -1.51. The van der Waals surface area contributed by atoms with E-state index in [9.17, 15) is 23.7 Å². The zero-order valence-electron chi connectivity index (χ0n) is 32.5. The lowest BCUT2D eigenvalue weighted by Crippen LogP contribution is -2.65. The van der Waals surface area contributed by atoms with Gasteiger partial charge < -0.3 is 18.9 Å². The minimum atomic E-state index is -4.11. The van der Waals surface area contributed by atoms with Crippen LogP contribution in [0, 0.1) is 5.92 Å². The molecule has 3 rings (SSSR count). The molecule has 0 aromatic rings. The largest absolute Gasteiger partial charge is 0.458 e. The van der Waals surface area contributed by atoms with Crippen LogP contribution >= 0.6 is 7.75 Å². The van der Waals surface area contributed by atoms with E-state index in [-0.39, 0.29) is 19.8 Å². The second-order valence-electron chi connectivity index (χ2n) is 14.7. The fourth-order valence-corrected chi connectivity index (χ4v) is 9.29. The van der Waals surface area contributed by atoms with Gasteiger partial charge in [0.25, 0.3) is 0 Å². The van der Waals surface area contributed by atoms with Crippen molar-refractivity contribution in [2.75, 3.05) is 19.8 Å². The molecule has 0 aromatic heterocycles. The number of hydrogen-bond acceptors (Lipinski definition) is 11. The number of rotatable bonds is 29. The lowest BCUT2D eigenvalue weighted by Gasteiger charge is -2.43. The first-order chi connectivity index (χ1) is 25.0. The van der Waals surface area contributed by atoms with Gasteiger partial charge in [-0.05, 0) is 12.8 Å². The number of cyclic esters (lactones) is 1. The lowest BCUT2D eigenvalue weighted by molar-refractivity contribution is -0.171. The number of fused-ring (bicyclic) bond motifs is 3. The highest BCUT2D eigenvalue weighted by Crippen LogP contribution is 2.62. The van der Waals surface area contributed by atoms with Crippen LogP contribution in [0.2, 0.25) is 0 Å². The smallest absolute Gasteiger partial charge is 0.411 e. The second-order valence-corrected chi connectivity index (χ2v) is 16.4.